The van der Waals surface area contributed by atoms with E-state index in [1.54, 1.807) is 12.1 Å². The van der Waals surface area contributed by atoms with E-state index in [2.05, 4.69) is 31.8 Å². The molecule has 4 nitrogen and oxygen atoms in total. The van der Waals surface area contributed by atoms with Crippen LogP contribution in [-0.4, -0.2) is 60.1 Å². The molecule has 0 amide bonds. The number of pyridine rings is 1. The summed E-state index contributed by atoms with van der Waals surface area (Å²) in [5, 5.41) is 0. The zero-order chi connectivity index (χ0) is 17.8. The van der Waals surface area contributed by atoms with Gasteiger partial charge in [-0.3, -0.25) is 14.8 Å². The normalized spacial score (nSPS) is 22.5. The van der Waals surface area contributed by atoms with Crippen LogP contribution in [0.3, 0.4) is 0 Å². The van der Waals surface area contributed by atoms with E-state index in [0.29, 0.717) is 6.04 Å². The van der Waals surface area contributed by atoms with Crippen molar-refractivity contribution in [1.29, 1.82) is 0 Å². The summed E-state index contributed by atoms with van der Waals surface area (Å²) in [6.45, 7) is 7.45. The quantitative estimate of drug-likeness (QED) is 0.842. The molecule has 3 heterocycles. The number of piperazine rings is 1. The van der Waals surface area contributed by atoms with Gasteiger partial charge in [0.1, 0.15) is 5.82 Å². The van der Waals surface area contributed by atoms with Crippen LogP contribution in [0.4, 0.5) is 10.1 Å². The van der Waals surface area contributed by atoms with E-state index in [4.69, 9.17) is 0 Å². The highest BCUT2D eigenvalue weighted by Gasteiger charge is 2.28. The van der Waals surface area contributed by atoms with Gasteiger partial charge in [0.15, 0.2) is 0 Å². The van der Waals surface area contributed by atoms with Gasteiger partial charge in [-0.1, -0.05) is 6.07 Å². The van der Waals surface area contributed by atoms with Crippen molar-refractivity contribution in [2.45, 2.75) is 25.4 Å². The number of likely N-dealkylation sites (tertiary alicyclic amines) is 1. The van der Waals surface area contributed by atoms with E-state index >= 15 is 0 Å². The van der Waals surface area contributed by atoms with Crippen molar-refractivity contribution in [1.82, 2.24) is 14.8 Å². The fraction of sp³-hybridized carbons (Fsp3) is 0.476. The van der Waals surface area contributed by atoms with Crippen molar-refractivity contribution in [3.8, 4) is 0 Å². The molecule has 2 aliphatic heterocycles. The van der Waals surface area contributed by atoms with E-state index in [9.17, 15) is 4.39 Å². The van der Waals surface area contributed by atoms with Crippen molar-refractivity contribution >= 4 is 5.69 Å². The molecule has 1 aromatic carbocycles. The van der Waals surface area contributed by atoms with Gasteiger partial charge in [-0.2, -0.15) is 0 Å². The fourth-order valence-corrected chi connectivity index (χ4v) is 4.19. The number of rotatable bonds is 4. The van der Waals surface area contributed by atoms with Gasteiger partial charge in [0, 0.05) is 57.2 Å². The van der Waals surface area contributed by atoms with E-state index in [0.717, 1.165) is 50.6 Å². The maximum absolute atomic E-state index is 13.1. The third kappa shape index (κ3) is 4.22. The molecule has 0 bridgehead atoms. The molecule has 1 unspecified atom stereocenters. The van der Waals surface area contributed by atoms with Crippen molar-refractivity contribution in [2.75, 3.05) is 44.2 Å². The molecule has 5 heteroatoms. The van der Waals surface area contributed by atoms with Gasteiger partial charge in [-0.05, 0) is 55.8 Å². The number of aromatic nitrogens is 1. The number of hydrogen-bond donors (Lipinski definition) is 0. The molecule has 0 radical (unpaired) electrons. The topological polar surface area (TPSA) is 22.6 Å². The largest absolute Gasteiger partial charge is 0.369 e. The van der Waals surface area contributed by atoms with Crippen LogP contribution in [0.25, 0.3) is 0 Å². The predicted molar refractivity (Wildman–Crippen MR) is 103 cm³/mol. The highest BCUT2D eigenvalue weighted by molar-refractivity contribution is 5.46. The fourth-order valence-electron chi connectivity index (χ4n) is 4.19. The van der Waals surface area contributed by atoms with Crippen LogP contribution in [0.5, 0.6) is 0 Å². The van der Waals surface area contributed by atoms with Gasteiger partial charge in [0.05, 0.1) is 5.69 Å². The van der Waals surface area contributed by atoms with Crippen LogP contribution in [-0.2, 0) is 6.54 Å². The molecule has 26 heavy (non-hydrogen) atoms. The summed E-state index contributed by atoms with van der Waals surface area (Å²) in [5.74, 6) is -0.164. The summed E-state index contributed by atoms with van der Waals surface area (Å²) in [4.78, 5) is 12.0. The standard InChI is InChI=1S/C21H27FN4/c22-18-6-8-20(9-7-18)25-12-14-26(15-13-25)21-5-3-11-24(17-21)16-19-4-1-2-10-23-19/h1-2,4,6-10,21H,3,5,11-17H2. The maximum atomic E-state index is 13.1. The first-order valence-corrected chi connectivity index (χ1v) is 9.65. The molecular formula is C21H27FN4. The molecule has 0 N–H and O–H groups in total. The Morgan fingerprint density at radius 2 is 1.77 bits per heavy atom. The number of hydrogen-bond acceptors (Lipinski definition) is 4. The van der Waals surface area contributed by atoms with Gasteiger partial charge in [-0.25, -0.2) is 4.39 Å². The Bertz CT molecular complexity index is 683. The molecule has 138 valence electrons. The minimum absolute atomic E-state index is 0.164. The molecule has 2 fully saturated rings. The van der Waals surface area contributed by atoms with Crippen LogP contribution >= 0.6 is 0 Å². The summed E-state index contributed by atoms with van der Waals surface area (Å²) in [5.41, 5.74) is 2.29. The number of benzene rings is 1. The molecule has 0 saturated carbocycles. The zero-order valence-corrected chi connectivity index (χ0v) is 15.2. The van der Waals surface area contributed by atoms with Gasteiger partial charge in [0.25, 0.3) is 0 Å². The Morgan fingerprint density at radius 1 is 0.962 bits per heavy atom. The predicted octanol–water partition coefficient (Wildman–Crippen LogP) is 3.01. The first-order valence-electron chi connectivity index (χ1n) is 9.65. The molecule has 2 aromatic rings. The zero-order valence-electron chi connectivity index (χ0n) is 15.2. The van der Waals surface area contributed by atoms with Crippen molar-refractivity contribution in [3.63, 3.8) is 0 Å². The second-order valence-corrected chi connectivity index (χ2v) is 7.35. The molecule has 2 saturated heterocycles. The minimum atomic E-state index is -0.164. The monoisotopic (exact) mass is 354 g/mol. The molecule has 0 aliphatic carbocycles. The van der Waals surface area contributed by atoms with Crippen LogP contribution in [0.2, 0.25) is 0 Å². The average Bonchev–Trinajstić information content (AvgIpc) is 2.70. The van der Waals surface area contributed by atoms with Crippen LogP contribution < -0.4 is 4.90 Å². The summed E-state index contributed by atoms with van der Waals surface area (Å²) < 4.78 is 13.1. The molecule has 0 spiro atoms. The lowest BCUT2D eigenvalue weighted by Crippen LogP contribution is -2.55. The molecular weight excluding hydrogens is 327 g/mol. The highest BCUT2D eigenvalue weighted by Crippen LogP contribution is 2.22. The summed E-state index contributed by atoms with van der Waals surface area (Å²) in [7, 11) is 0. The first-order chi connectivity index (χ1) is 12.8. The number of piperidine rings is 1. The average molecular weight is 354 g/mol. The Kier molecular flexibility index (Phi) is 5.46. The highest BCUT2D eigenvalue weighted by atomic mass is 19.1. The maximum Gasteiger partial charge on any atom is 0.123 e. The Balaban J connectivity index is 1.30. The summed E-state index contributed by atoms with van der Waals surface area (Å²) in [6, 6.07) is 13.7. The van der Waals surface area contributed by atoms with Crippen LogP contribution in [0.1, 0.15) is 18.5 Å². The molecule has 4 rings (SSSR count). The Hall–Kier alpha value is -1.98. The van der Waals surface area contributed by atoms with Gasteiger partial charge >= 0.3 is 0 Å². The molecule has 2 aliphatic rings. The van der Waals surface area contributed by atoms with Gasteiger partial charge < -0.3 is 4.90 Å². The Morgan fingerprint density at radius 3 is 2.50 bits per heavy atom. The first kappa shape index (κ1) is 17.4. The lowest BCUT2D eigenvalue weighted by molar-refractivity contribution is 0.0881. The third-order valence-corrected chi connectivity index (χ3v) is 5.61. The van der Waals surface area contributed by atoms with E-state index < -0.39 is 0 Å². The number of nitrogens with zero attached hydrogens (tertiary/aromatic N) is 4. The minimum Gasteiger partial charge on any atom is -0.369 e. The van der Waals surface area contributed by atoms with E-state index in [1.165, 1.54) is 19.4 Å². The SMILES string of the molecule is Fc1ccc(N2CCN(C3CCCN(Cc4ccccn4)C3)CC2)cc1. The number of halogens is 1. The van der Waals surface area contributed by atoms with Crippen molar-refractivity contribution in [3.05, 3.63) is 60.2 Å². The van der Waals surface area contributed by atoms with Gasteiger partial charge in [0.2, 0.25) is 0 Å². The third-order valence-electron chi connectivity index (χ3n) is 5.61. The summed E-state index contributed by atoms with van der Waals surface area (Å²) >= 11 is 0. The second kappa shape index (κ2) is 8.14. The lowest BCUT2D eigenvalue weighted by atomic mass is 10.0. The van der Waals surface area contributed by atoms with E-state index in [1.807, 2.05) is 24.4 Å². The van der Waals surface area contributed by atoms with Gasteiger partial charge in [-0.15, -0.1) is 0 Å². The smallest absolute Gasteiger partial charge is 0.123 e. The van der Waals surface area contributed by atoms with Crippen LogP contribution in [0, 0.1) is 5.82 Å². The van der Waals surface area contributed by atoms with Crippen molar-refractivity contribution in [2.24, 2.45) is 0 Å². The number of anilines is 1. The second-order valence-electron chi connectivity index (χ2n) is 7.35. The van der Waals surface area contributed by atoms with E-state index in [-0.39, 0.29) is 5.82 Å². The van der Waals surface area contributed by atoms with Crippen LogP contribution in [0.15, 0.2) is 48.7 Å². The summed E-state index contributed by atoms with van der Waals surface area (Å²) in [6.07, 6.45) is 4.43. The van der Waals surface area contributed by atoms with Crippen molar-refractivity contribution < 1.29 is 4.39 Å². The molecule has 1 atom stereocenters. The Labute approximate surface area is 155 Å². The lowest BCUT2D eigenvalue weighted by Gasteiger charge is -2.44. The molecule has 1 aromatic heterocycles.